The Morgan fingerprint density at radius 2 is 1.88 bits per heavy atom. The van der Waals surface area contributed by atoms with Crippen LogP contribution in [0.3, 0.4) is 0 Å². The van der Waals surface area contributed by atoms with Gasteiger partial charge in [-0.15, -0.1) is 0 Å². The van der Waals surface area contributed by atoms with Crippen LogP contribution in [0.25, 0.3) is 0 Å². The summed E-state index contributed by atoms with van der Waals surface area (Å²) >= 11 is 0. The summed E-state index contributed by atoms with van der Waals surface area (Å²) in [6.45, 7) is 9.41. The molecule has 1 saturated carbocycles. The predicted octanol–water partition coefficient (Wildman–Crippen LogP) is 3.17. The largest absolute Gasteiger partial charge is 0.493 e. The molecule has 1 aliphatic carbocycles. The lowest BCUT2D eigenvalue weighted by Crippen LogP contribution is -2.50. The molecule has 2 aliphatic rings. The molecule has 0 bridgehead atoms. The third-order valence-corrected chi connectivity index (χ3v) is 5.34. The molecule has 1 saturated heterocycles. The minimum absolute atomic E-state index is 0.309. The van der Waals surface area contributed by atoms with Gasteiger partial charge < -0.3 is 14.4 Å². The summed E-state index contributed by atoms with van der Waals surface area (Å²) in [7, 11) is 1.69. The van der Waals surface area contributed by atoms with Crippen molar-refractivity contribution in [3.05, 3.63) is 23.8 Å². The van der Waals surface area contributed by atoms with Crippen LogP contribution in [0.5, 0.6) is 11.5 Å². The highest BCUT2D eigenvalue weighted by Crippen LogP contribution is 2.30. The van der Waals surface area contributed by atoms with E-state index >= 15 is 0 Å². The molecule has 0 unspecified atom stereocenters. The number of benzene rings is 1. The van der Waals surface area contributed by atoms with Crippen molar-refractivity contribution in [2.45, 2.75) is 39.7 Å². The molecule has 0 N–H and O–H groups in total. The monoisotopic (exact) mass is 360 g/mol. The summed E-state index contributed by atoms with van der Waals surface area (Å²) in [5.74, 6) is 2.77. The number of hydrogen-bond donors (Lipinski definition) is 0. The average molecular weight is 360 g/mol. The number of amides is 1. The first kappa shape index (κ1) is 19.0. The Labute approximate surface area is 157 Å². The molecule has 3 rings (SSSR count). The lowest BCUT2D eigenvalue weighted by atomic mass is 9.84. The number of carbonyl (C=O) groups is 1. The van der Waals surface area contributed by atoms with Crippen molar-refractivity contribution in [3.8, 4) is 11.5 Å². The van der Waals surface area contributed by atoms with E-state index in [1.54, 1.807) is 7.11 Å². The van der Waals surface area contributed by atoms with Crippen LogP contribution in [0, 0.1) is 11.8 Å². The second-order valence-corrected chi connectivity index (χ2v) is 7.92. The van der Waals surface area contributed by atoms with Gasteiger partial charge in [0.2, 0.25) is 5.91 Å². The Morgan fingerprint density at radius 3 is 2.46 bits per heavy atom. The maximum atomic E-state index is 12.4. The number of nitrogens with zero attached hydrogens (tertiary/aromatic N) is 2. The van der Waals surface area contributed by atoms with Gasteiger partial charge in [0.25, 0.3) is 0 Å². The van der Waals surface area contributed by atoms with Crippen LogP contribution in [0.1, 0.15) is 38.7 Å². The van der Waals surface area contributed by atoms with Crippen LogP contribution in [-0.2, 0) is 11.3 Å². The molecule has 0 radical (unpaired) electrons. The number of methoxy groups -OCH3 is 1. The van der Waals surface area contributed by atoms with Crippen molar-refractivity contribution in [3.63, 3.8) is 0 Å². The van der Waals surface area contributed by atoms with E-state index in [-0.39, 0.29) is 0 Å². The molecule has 144 valence electrons. The summed E-state index contributed by atoms with van der Waals surface area (Å²) in [6.07, 6.45) is 3.39. The van der Waals surface area contributed by atoms with Crippen molar-refractivity contribution in [2.24, 2.45) is 11.8 Å². The highest BCUT2D eigenvalue weighted by molar-refractivity contribution is 5.79. The van der Waals surface area contributed by atoms with Crippen LogP contribution >= 0.6 is 0 Å². The summed E-state index contributed by atoms with van der Waals surface area (Å²) in [4.78, 5) is 16.8. The first-order chi connectivity index (χ1) is 12.6. The van der Waals surface area contributed by atoms with Crippen molar-refractivity contribution < 1.29 is 14.3 Å². The molecular formula is C21H32N2O3. The lowest BCUT2D eigenvalue weighted by Gasteiger charge is -2.38. The molecule has 26 heavy (non-hydrogen) atoms. The number of piperazine rings is 1. The Bertz CT molecular complexity index is 605. The van der Waals surface area contributed by atoms with Gasteiger partial charge in [-0.05, 0) is 36.5 Å². The first-order valence-electron chi connectivity index (χ1n) is 9.87. The van der Waals surface area contributed by atoms with Crippen molar-refractivity contribution in [1.29, 1.82) is 0 Å². The molecule has 0 spiro atoms. The van der Waals surface area contributed by atoms with Gasteiger partial charge >= 0.3 is 0 Å². The van der Waals surface area contributed by atoms with E-state index < -0.39 is 0 Å². The number of rotatable bonds is 7. The highest BCUT2D eigenvalue weighted by Gasteiger charge is 2.31. The van der Waals surface area contributed by atoms with E-state index in [4.69, 9.17) is 9.47 Å². The van der Waals surface area contributed by atoms with Gasteiger partial charge in [-0.1, -0.05) is 26.3 Å². The standard InChI is InChI=1S/C21H32N2O3/c1-16(2)15-26-19-8-7-17(13-20(19)25-3)14-22-9-11-23(12-10-22)21(24)18-5-4-6-18/h7-8,13,16,18H,4-6,9-12,14-15H2,1-3H3. The molecule has 5 nitrogen and oxygen atoms in total. The molecule has 0 atom stereocenters. The Kier molecular flexibility index (Phi) is 6.41. The van der Waals surface area contributed by atoms with Gasteiger partial charge in [-0.3, -0.25) is 9.69 Å². The van der Waals surface area contributed by atoms with Gasteiger partial charge in [0, 0.05) is 38.6 Å². The zero-order valence-electron chi connectivity index (χ0n) is 16.4. The van der Waals surface area contributed by atoms with Gasteiger partial charge in [0.05, 0.1) is 13.7 Å². The Morgan fingerprint density at radius 1 is 1.15 bits per heavy atom. The van der Waals surface area contributed by atoms with Crippen LogP contribution in [-0.4, -0.2) is 55.6 Å². The average Bonchev–Trinajstić information content (AvgIpc) is 2.59. The van der Waals surface area contributed by atoms with Crippen LogP contribution in [0.4, 0.5) is 0 Å². The molecule has 1 aromatic rings. The van der Waals surface area contributed by atoms with E-state index in [9.17, 15) is 4.79 Å². The third-order valence-electron chi connectivity index (χ3n) is 5.34. The molecular weight excluding hydrogens is 328 g/mol. The van der Waals surface area contributed by atoms with Crippen molar-refractivity contribution in [1.82, 2.24) is 9.80 Å². The fourth-order valence-electron chi connectivity index (χ4n) is 3.48. The number of ether oxygens (including phenoxy) is 2. The van der Waals surface area contributed by atoms with Crippen LogP contribution in [0.2, 0.25) is 0 Å². The second kappa shape index (κ2) is 8.76. The quantitative estimate of drug-likeness (QED) is 0.749. The zero-order chi connectivity index (χ0) is 18.5. The molecule has 2 fully saturated rings. The fourth-order valence-corrected chi connectivity index (χ4v) is 3.48. The molecule has 0 aromatic heterocycles. The summed E-state index contributed by atoms with van der Waals surface area (Å²) in [5, 5.41) is 0. The highest BCUT2D eigenvalue weighted by atomic mass is 16.5. The lowest BCUT2D eigenvalue weighted by molar-refractivity contribution is -0.140. The van der Waals surface area contributed by atoms with E-state index in [0.717, 1.165) is 57.1 Å². The van der Waals surface area contributed by atoms with Gasteiger partial charge in [0.1, 0.15) is 0 Å². The molecule has 1 aliphatic heterocycles. The Hall–Kier alpha value is -1.75. The van der Waals surface area contributed by atoms with E-state index in [1.165, 1.54) is 12.0 Å². The molecule has 1 heterocycles. The fraction of sp³-hybridized carbons (Fsp3) is 0.667. The number of hydrogen-bond acceptors (Lipinski definition) is 4. The molecule has 1 amide bonds. The third kappa shape index (κ3) is 4.70. The molecule has 1 aromatic carbocycles. The normalized spacial score (nSPS) is 18.7. The maximum Gasteiger partial charge on any atom is 0.225 e. The molecule has 5 heteroatoms. The van der Waals surface area contributed by atoms with E-state index in [0.29, 0.717) is 24.3 Å². The minimum atomic E-state index is 0.309. The first-order valence-corrected chi connectivity index (χ1v) is 9.87. The van der Waals surface area contributed by atoms with Gasteiger partial charge in [0.15, 0.2) is 11.5 Å². The summed E-state index contributed by atoms with van der Waals surface area (Å²) < 4.78 is 11.3. The topological polar surface area (TPSA) is 42.0 Å². The minimum Gasteiger partial charge on any atom is -0.493 e. The predicted molar refractivity (Wildman–Crippen MR) is 103 cm³/mol. The van der Waals surface area contributed by atoms with Gasteiger partial charge in [-0.25, -0.2) is 0 Å². The van der Waals surface area contributed by atoms with E-state index in [2.05, 4.69) is 35.8 Å². The van der Waals surface area contributed by atoms with Crippen molar-refractivity contribution in [2.75, 3.05) is 39.9 Å². The Balaban J connectivity index is 1.52. The van der Waals surface area contributed by atoms with Crippen LogP contribution < -0.4 is 9.47 Å². The second-order valence-electron chi connectivity index (χ2n) is 7.92. The van der Waals surface area contributed by atoms with E-state index in [1.807, 2.05) is 6.07 Å². The van der Waals surface area contributed by atoms with Crippen LogP contribution in [0.15, 0.2) is 18.2 Å². The number of carbonyl (C=O) groups excluding carboxylic acids is 1. The summed E-state index contributed by atoms with van der Waals surface area (Å²) in [6, 6.07) is 6.19. The smallest absolute Gasteiger partial charge is 0.225 e. The summed E-state index contributed by atoms with van der Waals surface area (Å²) in [5.41, 5.74) is 1.22. The maximum absolute atomic E-state index is 12.4. The van der Waals surface area contributed by atoms with Crippen molar-refractivity contribution >= 4 is 5.91 Å². The SMILES string of the molecule is COc1cc(CN2CCN(C(=O)C3CCC3)CC2)ccc1OCC(C)C. The zero-order valence-corrected chi connectivity index (χ0v) is 16.4. The van der Waals surface area contributed by atoms with Gasteiger partial charge in [-0.2, -0.15) is 0 Å².